The van der Waals surface area contributed by atoms with Crippen molar-refractivity contribution in [3.05, 3.63) is 198 Å². The third-order valence-corrected chi connectivity index (χ3v) is 11.7. The molecular formula is C59H54N4O. The molecule has 0 fully saturated rings. The minimum atomic E-state index is -2.72. The Morgan fingerprint density at radius 3 is 2.17 bits per heavy atom. The van der Waals surface area contributed by atoms with Gasteiger partial charge in [0.1, 0.15) is 17.3 Å². The van der Waals surface area contributed by atoms with Gasteiger partial charge in [0, 0.05) is 35.4 Å². The molecule has 0 saturated carbocycles. The summed E-state index contributed by atoms with van der Waals surface area (Å²) in [5, 5.41) is 2.03. The molecule has 0 saturated heterocycles. The van der Waals surface area contributed by atoms with Gasteiger partial charge in [0.2, 0.25) is 0 Å². The van der Waals surface area contributed by atoms with E-state index >= 15 is 0 Å². The minimum Gasteiger partial charge on any atom is -0.458 e. The van der Waals surface area contributed by atoms with Crippen LogP contribution in [0.15, 0.2) is 164 Å². The van der Waals surface area contributed by atoms with Crippen molar-refractivity contribution in [2.45, 2.75) is 72.9 Å². The van der Waals surface area contributed by atoms with Gasteiger partial charge in [-0.15, -0.1) is 0 Å². The average Bonchev–Trinajstić information content (AvgIpc) is 4.10. The number of fused-ring (bicyclic) bond motifs is 4. The highest BCUT2D eigenvalue weighted by atomic mass is 16.5. The van der Waals surface area contributed by atoms with Gasteiger partial charge >= 0.3 is 0 Å². The third-order valence-electron chi connectivity index (χ3n) is 11.7. The van der Waals surface area contributed by atoms with Crippen molar-refractivity contribution in [3.63, 3.8) is 0 Å². The van der Waals surface area contributed by atoms with Crippen LogP contribution in [0.2, 0.25) is 0 Å². The van der Waals surface area contributed by atoms with Crippen LogP contribution in [0.4, 0.5) is 0 Å². The molecule has 0 radical (unpaired) electrons. The Morgan fingerprint density at radius 2 is 1.41 bits per heavy atom. The fourth-order valence-corrected chi connectivity index (χ4v) is 8.60. The number of hydrogen-bond acceptors (Lipinski definition) is 2. The monoisotopic (exact) mass is 849 g/mol. The smallest absolute Gasteiger partial charge is 0.269 e. The van der Waals surface area contributed by atoms with Gasteiger partial charge in [-0.1, -0.05) is 144 Å². The first-order valence-electron chi connectivity index (χ1n) is 28.1. The number of rotatable bonds is 7. The van der Waals surface area contributed by atoms with Crippen molar-refractivity contribution in [1.82, 2.24) is 14.1 Å². The molecule has 3 aromatic heterocycles. The maximum absolute atomic E-state index is 9.18. The van der Waals surface area contributed by atoms with E-state index < -0.39 is 56.2 Å². The van der Waals surface area contributed by atoms with E-state index in [1.54, 1.807) is 51.6 Å². The molecule has 10 rings (SSSR count). The molecule has 10 aromatic rings. The summed E-state index contributed by atoms with van der Waals surface area (Å²) in [6.45, 7) is 3.96. The van der Waals surface area contributed by atoms with Gasteiger partial charge in [-0.3, -0.25) is 13.7 Å². The van der Waals surface area contributed by atoms with Crippen molar-refractivity contribution in [2.75, 3.05) is 0 Å². The fraction of sp³-hybridized carbons (Fsp3) is 0.186. The average molecular weight is 849 g/mol. The van der Waals surface area contributed by atoms with E-state index in [4.69, 9.17) is 26.2 Å². The summed E-state index contributed by atoms with van der Waals surface area (Å²) in [5.74, 6) is 1.68. The van der Waals surface area contributed by atoms with Gasteiger partial charge in [0.15, 0.2) is 0 Å². The summed E-state index contributed by atoms with van der Waals surface area (Å²) in [6, 6.07) is 34.4. The molecule has 0 unspecified atom stereocenters. The molecule has 5 nitrogen and oxygen atoms in total. The van der Waals surface area contributed by atoms with Crippen molar-refractivity contribution in [1.29, 1.82) is 0 Å². The Balaban J connectivity index is 1.24. The highest BCUT2D eigenvalue weighted by Gasteiger charge is 2.26. The molecule has 0 atom stereocenters. The summed E-state index contributed by atoms with van der Waals surface area (Å²) in [4.78, 5) is 4.83. The molecule has 7 aromatic carbocycles. The molecular weight excluding hydrogens is 781 g/mol. The number of nitrogens with zero attached hydrogens (tertiary/aromatic N) is 4. The van der Waals surface area contributed by atoms with Crippen LogP contribution in [-0.4, -0.2) is 14.1 Å². The lowest BCUT2D eigenvalue weighted by atomic mass is 9.82. The normalized spacial score (nSPS) is 15.9. The summed E-state index contributed by atoms with van der Waals surface area (Å²) in [7, 11) is 0. The van der Waals surface area contributed by atoms with Gasteiger partial charge < -0.3 is 4.74 Å². The third kappa shape index (κ3) is 7.25. The second-order valence-electron chi connectivity index (χ2n) is 18.2. The zero-order chi connectivity index (χ0) is 56.3. The van der Waals surface area contributed by atoms with Crippen molar-refractivity contribution in [3.8, 4) is 50.9 Å². The number of imidazole rings is 1. The SMILES string of the molecule is [2H]c1c([2H])c([2H])c(-c2cc(C([2H])([2H])[2H])cc(C(C)(C)C)c2-[n+]2[c-]n(-c3cccc(Oc4ccc5c6ccccc6n(-c6cc(C(C)(C)C)ccn6)c5c4)c3)c3cc(-c4c(C([2H])([2H])[2H])cccc4C([2H])([2H])[2H])ccc32)c([2H])c1[2H]. The second kappa shape index (κ2) is 15.5. The number of para-hydroxylation sites is 1. The van der Waals surface area contributed by atoms with Crippen LogP contribution >= 0.6 is 0 Å². The highest BCUT2D eigenvalue weighted by Crippen LogP contribution is 2.39. The summed E-state index contributed by atoms with van der Waals surface area (Å²) in [5.41, 5.74) is 3.51. The maximum Gasteiger partial charge on any atom is 0.269 e. The lowest BCUT2D eigenvalue weighted by Crippen LogP contribution is -2.35. The largest absolute Gasteiger partial charge is 0.458 e. The van der Waals surface area contributed by atoms with E-state index in [2.05, 4.69) is 49.9 Å². The van der Waals surface area contributed by atoms with Gasteiger partial charge in [-0.2, -0.15) is 0 Å². The Morgan fingerprint density at radius 1 is 0.641 bits per heavy atom. The van der Waals surface area contributed by atoms with E-state index in [0.29, 0.717) is 33.8 Å². The van der Waals surface area contributed by atoms with Crippen molar-refractivity contribution < 1.29 is 28.5 Å². The van der Waals surface area contributed by atoms with Crippen molar-refractivity contribution >= 4 is 32.8 Å². The predicted octanol–water partition coefficient (Wildman–Crippen LogP) is 14.8. The molecule has 0 aliphatic rings. The van der Waals surface area contributed by atoms with Crippen LogP contribution < -0.4 is 9.30 Å². The predicted molar refractivity (Wildman–Crippen MR) is 265 cm³/mol. The Labute approximate surface area is 396 Å². The Bertz CT molecular complexity index is 4000. The van der Waals surface area contributed by atoms with Crippen LogP contribution in [-0.2, 0) is 10.8 Å². The zero-order valence-corrected chi connectivity index (χ0v) is 36.4. The van der Waals surface area contributed by atoms with Gasteiger partial charge in [-0.05, 0) is 130 Å². The Kier molecular flexibility index (Phi) is 6.73. The van der Waals surface area contributed by atoms with Gasteiger partial charge in [0.05, 0.1) is 40.3 Å². The van der Waals surface area contributed by atoms with E-state index in [1.165, 1.54) is 30.3 Å². The van der Waals surface area contributed by atoms with E-state index in [1.807, 2.05) is 63.4 Å². The molecule has 0 bridgehead atoms. The molecule has 0 amide bonds. The first kappa shape index (κ1) is 27.7. The lowest BCUT2D eigenvalue weighted by molar-refractivity contribution is -0.572. The number of hydrogen-bond donors (Lipinski definition) is 0. The molecule has 3 heterocycles. The van der Waals surface area contributed by atoms with Crippen LogP contribution in [0.5, 0.6) is 11.5 Å². The number of ether oxygens (including phenoxy) is 1. The lowest BCUT2D eigenvalue weighted by Gasteiger charge is -2.27. The van der Waals surface area contributed by atoms with Gasteiger partial charge in [0.25, 0.3) is 6.33 Å². The number of aromatic nitrogens is 4. The number of pyridine rings is 1. The zero-order valence-electron chi connectivity index (χ0n) is 50.4. The summed E-state index contributed by atoms with van der Waals surface area (Å²) in [6.07, 6.45) is 5.30. The highest BCUT2D eigenvalue weighted by molar-refractivity contribution is 6.09. The van der Waals surface area contributed by atoms with Crippen LogP contribution in [0.1, 0.15) is 88.6 Å². The number of aryl methyl sites for hydroxylation is 3. The van der Waals surface area contributed by atoms with Crippen LogP contribution in [0.3, 0.4) is 0 Å². The first-order chi connectivity index (χ1) is 36.4. The molecule has 64 heavy (non-hydrogen) atoms. The van der Waals surface area contributed by atoms with Crippen LogP contribution in [0.25, 0.3) is 72.3 Å². The topological polar surface area (TPSA) is 35.9 Å². The summed E-state index contributed by atoms with van der Waals surface area (Å²) >= 11 is 0. The van der Waals surface area contributed by atoms with Crippen molar-refractivity contribution in [2.24, 2.45) is 0 Å². The second-order valence-corrected chi connectivity index (χ2v) is 18.2. The summed E-state index contributed by atoms with van der Waals surface area (Å²) < 4.78 is 133. The molecule has 0 aliphatic carbocycles. The molecule has 0 aliphatic heterocycles. The molecule has 5 heteroatoms. The Hall–Kier alpha value is -7.24. The molecule has 0 N–H and O–H groups in total. The first-order valence-corrected chi connectivity index (χ1v) is 21.1. The minimum absolute atomic E-state index is 0.00107. The maximum atomic E-state index is 9.18. The van der Waals surface area contributed by atoms with E-state index in [0.717, 1.165) is 33.2 Å². The van der Waals surface area contributed by atoms with E-state index in [9.17, 15) is 2.74 Å². The standard InChI is InChI=1S/C59H54N4O/c1-38-31-49(41-19-11-10-12-20-41)57(50(32-38)59(7,8)9)62-37-61(54-33-42(25-28-52(54)62)56-39(2)17-15-18-40(56)3)44-21-16-22-45(35-44)64-46-26-27-48-47-23-13-14-24-51(47)63(53(48)36-46)55-34-43(29-30-60-55)58(4,5)6/h10-36H,1-9H3/i1D3,2D3,3D3,10D,11D,12D,19D,20D. The van der Waals surface area contributed by atoms with Gasteiger partial charge in [-0.25, -0.2) is 4.98 Å². The van der Waals surface area contributed by atoms with E-state index in [-0.39, 0.29) is 50.0 Å². The quantitative estimate of drug-likeness (QED) is 0.118. The number of benzene rings is 7. The van der Waals surface area contributed by atoms with Crippen LogP contribution in [0, 0.1) is 26.9 Å². The fourth-order valence-electron chi connectivity index (χ4n) is 8.60. The molecule has 316 valence electrons. The molecule has 0 spiro atoms.